The Hall–Kier alpha value is -2.81. The van der Waals surface area contributed by atoms with Gasteiger partial charge in [0.25, 0.3) is 0 Å². The zero-order valence-corrected chi connectivity index (χ0v) is 18.5. The van der Waals surface area contributed by atoms with Crippen molar-refractivity contribution in [2.24, 2.45) is 5.92 Å². The van der Waals surface area contributed by atoms with Gasteiger partial charge < -0.3 is 15.1 Å². The number of hydrogen-bond acceptors (Lipinski definition) is 4. The van der Waals surface area contributed by atoms with Crippen LogP contribution in [0, 0.1) is 5.92 Å². The molecular formula is C22H24ClF3N4O2. The molecule has 1 aromatic heterocycles. The van der Waals surface area contributed by atoms with Gasteiger partial charge in [0.05, 0.1) is 10.6 Å². The molecule has 2 heterocycles. The highest BCUT2D eigenvalue weighted by atomic mass is 35.5. The first-order valence-corrected chi connectivity index (χ1v) is 10.5. The highest BCUT2D eigenvalue weighted by Crippen LogP contribution is 2.34. The summed E-state index contributed by atoms with van der Waals surface area (Å²) in [7, 11) is 1.71. The Kier molecular flexibility index (Phi) is 7.28. The number of aromatic nitrogens is 1. The van der Waals surface area contributed by atoms with Crippen LogP contribution < -0.4 is 10.2 Å². The number of anilines is 2. The van der Waals surface area contributed by atoms with Crippen molar-refractivity contribution in [3.8, 4) is 0 Å². The van der Waals surface area contributed by atoms with Crippen LogP contribution in [0.25, 0.3) is 0 Å². The summed E-state index contributed by atoms with van der Waals surface area (Å²) in [6.07, 6.45) is -2.68. The second-order valence-corrected chi connectivity index (χ2v) is 8.26. The quantitative estimate of drug-likeness (QED) is 0.697. The average molecular weight is 469 g/mol. The highest BCUT2D eigenvalue weighted by molar-refractivity contribution is 6.33. The van der Waals surface area contributed by atoms with Crippen LogP contribution in [0.4, 0.5) is 24.7 Å². The lowest BCUT2D eigenvalue weighted by Crippen LogP contribution is -2.38. The van der Waals surface area contributed by atoms with Gasteiger partial charge >= 0.3 is 6.18 Å². The van der Waals surface area contributed by atoms with Gasteiger partial charge in [-0.05, 0) is 36.6 Å². The first-order valence-electron chi connectivity index (χ1n) is 10.1. The van der Waals surface area contributed by atoms with Gasteiger partial charge in [-0.2, -0.15) is 13.2 Å². The van der Waals surface area contributed by atoms with Gasteiger partial charge in [0.1, 0.15) is 5.82 Å². The number of hydrogen-bond donors (Lipinski definition) is 1. The van der Waals surface area contributed by atoms with E-state index in [0.717, 1.165) is 17.8 Å². The van der Waals surface area contributed by atoms with Crippen molar-refractivity contribution in [3.63, 3.8) is 0 Å². The van der Waals surface area contributed by atoms with Crippen LogP contribution in [-0.2, 0) is 22.3 Å². The van der Waals surface area contributed by atoms with Crippen molar-refractivity contribution in [3.05, 3.63) is 52.7 Å². The van der Waals surface area contributed by atoms with Gasteiger partial charge in [-0.3, -0.25) is 9.59 Å². The predicted molar refractivity (Wildman–Crippen MR) is 116 cm³/mol. The van der Waals surface area contributed by atoms with E-state index in [1.807, 2.05) is 18.2 Å². The minimum atomic E-state index is -4.50. The van der Waals surface area contributed by atoms with Crippen LogP contribution in [0.3, 0.4) is 0 Å². The van der Waals surface area contributed by atoms with Crippen molar-refractivity contribution >= 4 is 34.9 Å². The maximum atomic E-state index is 12.8. The van der Waals surface area contributed by atoms with E-state index in [9.17, 15) is 22.8 Å². The molecule has 32 heavy (non-hydrogen) atoms. The third-order valence-corrected chi connectivity index (χ3v) is 5.74. The fraction of sp³-hybridized carbons (Fsp3) is 0.409. The van der Waals surface area contributed by atoms with Gasteiger partial charge in [0, 0.05) is 51.4 Å². The van der Waals surface area contributed by atoms with Crippen LogP contribution in [-0.4, -0.2) is 41.8 Å². The van der Waals surface area contributed by atoms with E-state index in [-0.39, 0.29) is 22.8 Å². The molecule has 0 bridgehead atoms. The summed E-state index contributed by atoms with van der Waals surface area (Å²) in [6.45, 7) is 2.85. The van der Waals surface area contributed by atoms with Crippen molar-refractivity contribution in [1.29, 1.82) is 0 Å². The van der Waals surface area contributed by atoms with E-state index >= 15 is 0 Å². The van der Waals surface area contributed by atoms with Crippen LogP contribution in [0.2, 0.25) is 5.02 Å². The molecule has 1 aliphatic heterocycles. The van der Waals surface area contributed by atoms with Crippen LogP contribution in [0.5, 0.6) is 0 Å². The standard InChI is InChI=1S/C22H24ClF3N4O2/c1-14(31)29(2)13-15-4-3-5-18(10-15)28-21(32)16-6-8-30(9-7-16)20-19(23)11-17(12-27-20)22(24,25)26/h3-5,10-12,16H,6-9,13H2,1-2H3,(H,28,32). The molecule has 1 N–H and O–H groups in total. The second kappa shape index (κ2) is 9.77. The Labute approximate surface area is 189 Å². The van der Waals surface area contributed by atoms with Gasteiger partial charge in [-0.25, -0.2) is 4.98 Å². The molecule has 0 unspecified atom stereocenters. The number of amides is 2. The van der Waals surface area contributed by atoms with Crippen LogP contribution in [0.15, 0.2) is 36.5 Å². The molecule has 172 valence electrons. The number of alkyl halides is 3. The number of carbonyl (C=O) groups excluding carboxylic acids is 2. The lowest BCUT2D eigenvalue weighted by Gasteiger charge is -2.32. The third-order valence-electron chi connectivity index (χ3n) is 5.47. The van der Waals surface area contributed by atoms with Crippen molar-refractivity contribution in [1.82, 2.24) is 9.88 Å². The summed E-state index contributed by atoms with van der Waals surface area (Å²) in [5.74, 6) is -0.106. The predicted octanol–water partition coefficient (Wildman–Crippen LogP) is 4.59. The zero-order valence-electron chi connectivity index (χ0n) is 17.7. The summed E-state index contributed by atoms with van der Waals surface area (Å²) in [5.41, 5.74) is 0.662. The molecule has 3 rings (SSSR count). The minimum absolute atomic E-state index is 0.0474. The molecule has 1 fully saturated rings. The maximum absolute atomic E-state index is 12.8. The summed E-state index contributed by atoms with van der Waals surface area (Å²) in [6, 6.07) is 8.20. The molecule has 0 spiro atoms. The molecule has 1 aromatic carbocycles. The maximum Gasteiger partial charge on any atom is 0.417 e. The number of rotatable bonds is 5. The molecule has 10 heteroatoms. The topological polar surface area (TPSA) is 65.5 Å². The Balaban J connectivity index is 1.58. The summed E-state index contributed by atoms with van der Waals surface area (Å²) in [5, 5.41) is 2.86. The second-order valence-electron chi connectivity index (χ2n) is 7.85. The molecule has 0 radical (unpaired) electrons. The normalized spacial score (nSPS) is 14.9. The summed E-state index contributed by atoms with van der Waals surface area (Å²) < 4.78 is 38.4. The highest BCUT2D eigenvalue weighted by Gasteiger charge is 2.33. The van der Waals surface area contributed by atoms with E-state index in [1.54, 1.807) is 22.9 Å². The fourth-order valence-electron chi connectivity index (χ4n) is 3.55. The molecule has 6 nitrogen and oxygen atoms in total. The molecule has 2 aromatic rings. The van der Waals surface area contributed by atoms with E-state index in [1.165, 1.54) is 6.92 Å². The van der Waals surface area contributed by atoms with Crippen molar-refractivity contribution in [2.75, 3.05) is 30.4 Å². The number of benzene rings is 1. The van der Waals surface area contributed by atoms with E-state index < -0.39 is 11.7 Å². The van der Waals surface area contributed by atoms with E-state index in [4.69, 9.17) is 11.6 Å². The summed E-state index contributed by atoms with van der Waals surface area (Å²) in [4.78, 5) is 31.4. The number of piperidine rings is 1. The molecule has 0 saturated carbocycles. The van der Waals surface area contributed by atoms with Gasteiger partial charge in [-0.15, -0.1) is 0 Å². The molecule has 0 atom stereocenters. The minimum Gasteiger partial charge on any atom is -0.355 e. The lowest BCUT2D eigenvalue weighted by molar-refractivity contribution is -0.137. The first kappa shape index (κ1) is 23.8. The van der Waals surface area contributed by atoms with E-state index in [0.29, 0.717) is 44.0 Å². The molecule has 0 aliphatic carbocycles. The van der Waals surface area contributed by atoms with Crippen molar-refractivity contribution in [2.45, 2.75) is 32.5 Å². The Bertz CT molecular complexity index is 991. The summed E-state index contributed by atoms with van der Waals surface area (Å²) >= 11 is 6.04. The largest absolute Gasteiger partial charge is 0.417 e. The van der Waals surface area contributed by atoms with Crippen molar-refractivity contribution < 1.29 is 22.8 Å². The Morgan fingerprint density at radius 3 is 2.53 bits per heavy atom. The van der Waals surface area contributed by atoms with Crippen LogP contribution >= 0.6 is 11.6 Å². The zero-order chi connectivity index (χ0) is 23.5. The number of nitrogens with zero attached hydrogens (tertiary/aromatic N) is 3. The van der Waals surface area contributed by atoms with Crippen LogP contribution in [0.1, 0.15) is 30.9 Å². The number of pyridine rings is 1. The number of halogens is 4. The molecule has 1 aliphatic rings. The van der Waals surface area contributed by atoms with Gasteiger partial charge in [0.2, 0.25) is 11.8 Å². The first-order chi connectivity index (χ1) is 15.0. The van der Waals surface area contributed by atoms with Gasteiger partial charge in [0.15, 0.2) is 0 Å². The SMILES string of the molecule is CC(=O)N(C)Cc1cccc(NC(=O)C2CCN(c3ncc(C(F)(F)F)cc3Cl)CC2)c1. The smallest absolute Gasteiger partial charge is 0.355 e. The number of nitrogens with one attached hydrogen (secondary N) is 1. The fourth-order valence-corrected chi connectivity index (χ4v) is 3.83. The lowest BCUT2D eigenvalue weighted by atomic mass is 9.95. The third kappa shape index (κ3) is 5.91. The molecular weight excluding hydrogens is 445 g/mol. The Morgan fingerprint density at radius 2 is 1.94 bits per heavy atom. The molecule has 1 saturated heterocycles. The monoisotopic (exact) mass is 468 g/mol. The number of carbonyl (C=O) groups is 2. The molecule has 2 amide bonds. The Morgan fingerprint density at radius 1 is 1.25 bits per heavy atom. The van der Waals surface area contributed by atoms with E-state index in [2.05, 4.69) is 10.3 Å². The van der Waals surface area contributed by atoms with Gasteiger partial charge in [-0.1, -0.05) is 23.7 Å². The average Bonchev–Trinajstić information content (AvgIpc) is 2.73.